The van der Waals surface area contributed by atoms with Crippen molar-refractivity contribution in [2.24, 2.45) is 0 Å². The molecule has 0 aliphatic carbocycles. The summed E-state index contributed by atoms with van der Waals surface area (Å²) in [5, 5.41) is 9.16. The van der Waals surface area contributed by atoms with Crippen LogP contribution in [0.15, 0.2) is 12.7 Å². The molecule has 1 aliphatic rings. The Morgan fingerprint density at radius 1 is 1.52 bits per heavy atom. The number of nitrogens with zero attached hydrogens (tertiary/aromatic N) is 1. The molecule has 2 atom stereocenters. The average Bonchev–Trinajstić information content (AvgIpc) is 2.66. The number of likely N-dealkylation sites (tertiary alicyclic amines) is 1. The van der Waals surface area contributed by atoms with Gasteiger partial charge in [0, 0.05) is 6.42 Å². The van der Waals surface area contributed by atoms with Crippen molar-refractivity contribution in [1.29, 1.82) is 0 Å². The first-order valence-corrected chi connectivity index (χ1v) is 6.68. The molecule has 0 spiro atoms. The normalized spacial score (nSPS) is 25.7. The monoisotopic (exact) mass is 303 g/mol. The molecule has 0 unspecified atom stereocenters. The van der Waals surface area contributed by atoms with Crippen LogP contribution < -0.4 is 0 Å². The molecule has 0 aromatic rings. The molecule has 1 rings (SSSR count). The number of aliphatic carboxylic acids is 1. The Morgan fingerprint density at radius 2 is 2.14 bits per heavy atom. The summed E-state index contributed by atoms with van der Waals surface area (Å²) >= 11 is 0. The number of hydrogen-bond acceptors (Lipinski definition) is 4. The number of halogens is 1. The molecule has 0 saturated carbocycles. The van der Waals surface area contributed by atoms with Crippen LogP contribution in [0.5, 0.6) is 0 Å². The van der Waals surface area contributed by atoms with Gasteiger partial charge in [0.1, 0.15) is 11.6 Å². The van der Waals surface area contributed by atoms with E-state index in [2.05, 4.69) is 6.58 Å². The van der Waals surface area contributed by atoms with Crippen LogP contribution in [0.3, 0.4) is 0 Å². The first-order chi connectivity index (χ1) is 9.58. The van der Waals surface area contributed by atoms with Gasteiger partial charge in [-0.1, -0.05) is 6.08 Å². The zero-order valence-corrected chi connectivity index (χ0v) is 12.6. The molecule has 1 saturated heterocycles. The van der Waals surface area contributed by atoms with Crippen molar-refractivity contribution in [2.45, 2.75) is 44.5 Å². The van der Waals surface area contributed by atoms with Crippen LogP contribution in [0.2, 0.25) is 0 Å². The second-order valence-corrected chi connectivity index (χ2v) is 6.12. The van der Waals surface area contributed by atoms with E-state index in [4.69, 9.17) is 14.6 Å². The van der Waals surface area contributed by atoms with E-state index in [-0.39, 0.29) is 26.2 Å². The fourth-order valence-electron chi connectivity index (χ4n) is 2.10. The van der Waals surface area contributed by atoms with E-state index in [0.29, 0.717) is 0 Å². The molecule has 6 nitrogen and oxygen atoms in total. The van der Waals surface area contributed by atoms with Crippen LogP contribution >= 0.6 is 0 Å². The largest absolute Gasteiger partial charge is 0.480 e. The summed E-state index contributed by atoms with van der Waals surface area (Å²) < 4.78 is 24.8. The van der Waals surface area contributed by atoms with Crippen molar-refractivity contribution in [1.82, 2.24) is 4.90 Å². The number of rotatable bonds is 5. The Labute approximate surface area is 123 Å². The van der Waals surface area contributed by atoms with Crippen LogP contribution in [-0.2, 0) is 14.3 Å². The van der Waals surface area contributed by atoms with Gasteiger partial charge in [-0.25, -0.2) is 14.0 Å². The Kier molecular flexibility index (Phi) is 5.33. The molecule has 120 valence electrons. The van der Waals surface area contributed by atoms with Gasteiger partial charge in [0.2, 0.25) is 0 Å². The first kappa shape index (κ1) is 17.4. The third-order valence-electron chi connectivity index (χ3n) is 2.90. The second-order valence-electron chi connectivity index (χ2n) is 6.12. The Bertz CT molecular complexity index is 420. The fraction of sp³-hybridized carbons (Fsp3) is 0.714. The maximum Gasteiger partial charge on any atom is 0.411 e. The minimum absolute atomic E-state index is 0.163. The number of carbonyl (C=O) groups is 2. The minimum atomic E-state index is -1.90. The number of alkyl halides is 1. The maximum atomic E-state index is 14.6. The lowest BCUT2D eigenvalue weighted by molar-refractivity contribution is -0.142. The molecule has 0 radical (unpaired) electrons. The van der Waals surface area contributed by atoms with E-state index >= 15 is 0 Å². The predicted octanol–water partition coefficient (Wildman–Crippen LogP) is 1.99. The van der Waals surface area contributed by atoms with Crippen molar-refractivity contribution in [3.8, 4) is 0 Å². The van der Waals surface area contributed by atoms with E-state index in [1.165, 1.54) is 6.08 Å². The molecule has 1 heterocycles. The van der Waals surface area contributed by atoms with Crippen molar-refractivity contribution < 1.29 is 28.6 Å². The summed E-state index contributed by atoms with van der Waals surface area (Å²) in [4.78, 5) is 24.1. The lowest BCUT2D eigenvalue weighted by Gasteiger charge is -2.27. The quantitative estimate of drug-likeness (QED) is 0.621. The van der Waals surface area contributed by atoms with E-state index in [0.717, 1.165) is 4.90 Å². The summed E-state index contributed by atoms with van der Waals surface area (Å²) in [5.41, 5.74) is -2.68. The van der Waals surface area contributed by atoms with Crippen LogP contribution in [0.4, 0.5) is 9.18 Å². The van der Waals surface area contributed by atoms with Crippen LogP contribution in [-0.4, -0.2) is 59.1 Å². The minimum Gasteiger partial charge on any atom is -0.480 e. The molecular formula is C14H22FNO5. The third kappa shape index (κ3) is 5.00. The standard InChI is InChI=1S/C14H22FNO5/c1-5-6-20-9-14(15)7-10(11(17)18)16(8-14)12(19)21-13(2,3)4/h5,10H,1,6-9H2,2-4H3,(H,17,18)/t10-,14+/m0/s1. The summed E-state index contributed by atoms with van der Waals surface area (Å²) in [6, 6.07) is -1.25. The smallest absolute Gasteiger partial charge is 0.411 e. The zero-order chi connectivity index (χ0) is 16.3. The number of hydrogen-bond donors (Lipinski definition) is 1. The topological polar surface area (TPSA) is 76.1 Å². The highest BCUT2D eigenvalue weighted by Gasteiger charge is 2.50. The molecule has 21 heavy (non-hydrogen) atoms. The van der Waals surface area contributed by atoms with Crippen LogP contribution in [0, 0.1) is 0 Å². The van der Waals surface area contributed by atoms with Crippen molar-refractivity contribution in [2.75, 3.05) is 19.8 Å². The SMILES string of the molecule is C=CCOC[C@@]1(F)C[C@@H](C(=O)O)N(C(=O)OC(C)(C)C)C1. The average molecular weight is 303 g/mol. The number of carbonyl (C=O) groups excluding carboxylic acids is 1. The van der Waals surface area contributed by atoms with E-state index in [1.54, 1.807) is 20.8 Å². The predicted molar refractivity (Wildman–Crippen MR) is 73.8 cm³/mol. The number of carboxylic acid groups (broad SMARTS) is 1. The summed E-state index contributed by atoms with van der Waals surface area (Å²) in [6.45, 7) is 7.93. The van der Waals surface area contributed by atoms with Gasteiger partial charge in [-0.3, -0.25) is 4.90 Å². The van der Waals surface area contributed by atoms with Crippen molar-refractivity contribution >= 4 is 12.1 Å². The van der Waals surface area contributed by atoms with E-state index in [1.807, 2.05) is 0 Å². The molecule has 0 aromatic carbocycles. The molecule has 7 heteroatoms. The fourth-order valence-corrected chi connectivity index (χ4v) is 2.10. The third-order valence-corrected chi connectivity index (χ3v) is 2.90. The number of ether oxygens (including phenoxy) is 2. The summed E-state index contributed by atoms with van der Waals surface area (Å²) in [7, 11) is 0. The summed E-state index contributed by atoms with van der Waals surface area (Å²) in [6.07, 6.45) is 0.315. The molecule has 1 amide bonds. The molecule has 1 aliphatic heterocycles. The van der Waals surface area contributed by atoms with Gasteiger partial charge in [0.15, 0.2) is 5.67 Å². The van der Waals surface area contributed by atoms with Gasteiger partial charge in [-0.2, -0.15) is 0 Å². The van der Waals surface area contributed by atoms with Gasteiger partial charge < -0.3 is 14.6 Å². The van der Waals surface area contributed by atoms with Gasteiger partial charge in [0.25, 0.3) is 0 Å². The highest BCUT2D eigenvalue weighted by atomic mass is 19.1. The highest BCUT2D eigenvalue weighted by molar-refractivity contribution is 5.81. The molecule has 0 aromatic heterocycles. The van der Waals surface area contributed by atoms with Gasteiger partial charge >= 0.3 is 12.1 Å². The van der Waals surface area contributed by atoms with Crippen molar-refractivity contribution in [3.05, 3.63) is 12.7 Å². The molecule has 0 bridgehead atoms. The van der Waals surface area contributed by atoms with Crippen LogP contribution in [0.1, 0.15) is 27.2 Å². The Hall–Kier alpha value is -1.63. The van der Waals surface area contributed by atoms with Gasteiger partial charge in [-0.15, -0.1) is 6.58 Å². The van der Waals surface area contributed by atoms with E-state index < -0.39 is 29.4 Å². The van der Waals surface area contributed by atoms with Crippen molar-refractivity contribution in [3.63, 3.8) is 0 Å². The lowest BCUT2D eigenvalue weighted by atomic mass is 10.0. The van der Waals surface area contributed by atoms with Gasteiger partial charge in [-0.05, 0) is 20.8 Å². The number of amides is 1. The second kappa shape index (κ2) is 6.43. The number of carboxylic acids is 1. The zero-order valence-electron chi connectivity index (χ0n) is 12.6. The van der Waals surface area contributed by atoms with Gasteiger partial charge in [0.05, 0.1) is 19.8 Å². The molecule has 1 N–H and O–H groups in total. The maximum absolute atomic E-state index is 14.6. The first-order valence-electron chi connectivity index (χ1n) is 6.68. The van der Waals surface area contributed by atoms with Crippen LogP contribution in [0.25, 0.3) is 0 Å². The lowest BCUT2D eigenvalue weighted by Crippen LogP contribution is -2.44. The molecule has 1 fully saturated rings. The molecular weight excluding hydrogens is 281 g/mol. The Balaban J connectivity index is 2.80. The van der Waals surface area contributed by atoms with E-state index in [9.17, 15) is 14.0 Å². The summed E-state index contributed by atoms with van der Waals surface area (Å²) in [5.74, 6) is -1.26. The Morgan fingerprint density at radius 3 is 2.62 bits per heavy atom. The highest BCUT2D eigenvalue weighted by Crippen LogP contribution is 2.32.